The van der Waals surface area contributed by atoms with Crippen molar-refractivity contribution in [3.8, 4) is 0 Å². The molecule has 236 valence electrons. The lowest BCUT2D eigenvalue weighted by molar-refractivity contribution is -0.150. The van der Waals surface area contributed by atoms with E-state index >= 15 is 0 Å². The van der Waals surface area contributed by atoms with E-state index in [9.17, 15) is 14.7 Å². The SMILES string of the molecule is C=C(C)C(=O)OCC(O)COC(=O)CC[P+](CCCCCCCC)(CCCCCCCC)CCCCCCCC. The highest BCUT2D eigenvalue weighted by atomic mass is 31.2. The molecule has 40 heavy (non-hydrogen) atoms. The number of ether oxygens (including phenoxy) is 2. The van der Waals surface area contributed by atoms with Gasteiger partial charge >= 0.3 is 11.9 Å². The van der Waals surface area contributed by atoms with Crippen LogP contribution in [0.15, 0.2) is 12.2 Å². The number of esters is 2. The van der Waals surface area contributed by atoms with Crippen molar-refractivity contribution in [1.29, 1.82) is 0 Å². The highest BCUT2D eigenvalue weighted by Crippen LogP contribution is 2.61. The molecule has 0 aromatic rings. The number of unbranched alkanes of at least 4 members (excludes halogenated alkanes) is 15. The van der Waals surface area contributed by atoms with Gasteiger partial charge in [0.25, 0.3) is 0 Å². The van der Waals surface area contributed by atoms with E-state index in [0.29, 0.717) is 6.42 Å². The van der Waals surface area contributed by atoms with Crippen LogP contribution in [0.5, 0.6) is 0 Å². The van der Waals surface area contributed by atoms with E-state index in [4.69, 9.17) is 9.47 Å². The second kappa shape index (κ2) is 26.9. The quantitative estimate of drug-likeness (QED) is 0.0410. The van der Waals surface area contributed by atoms with E-state index in [1.54, 1.807) is 6.92 Å². The summed E-state index contributed by atoms with van der Waals surface area (Å²) in [5.41, 5.74) is 0.283. The van der Waals surface area contributed by atoms with Crippen molar-refractivity contribution in [2.45, 2.75) is 156 Å². The molecule has 0 fully saturated rings. The molecule has 0 saturated carbocycles. The van der Waals surface area contributed by atoms with Gasteiger partial charge in [0.05, 0.1) is 31.1 Å². The maximum Gasteiger partial charge on any atom is 0.333 e. The Hall–Kier alpha value is -0.930. The highest BCUT2D eigenvalue weighted by Gasteiger charge is 2.36. The van der Waals surface area contributed by atoms with Crippen LogP contribution in [0.25, 0.3) is 0 Å². The number of rotatable bonds is 29. The molecule has 0 aliphatic heterocycles. The normalized spacial score (nSPS) is 12.3. The van der Waals surface area contributed by atoms with Crippen LogP contribution in [-0.2, 0) is 19.1 Å². The van der Waals surface area contributed by atoms with Gasteiger partial charge in [-0.1, -0.05) is 104 Å². The Bertz CT molecular complexity index is 595. The van der Waals surface area contributed by atoms with E-state index in [1.807, 2.05) is 0 Å². The Balaban J connectivity index is 5.07. The van der Waals surface area contributed by atoms with E-state index < -0.39 is 19.3 Å². The predicted molar refractivity (Wildman–Crippen MR) is 174 cm³/mol. The average Bonchev–Trinajstić information content (AvgIpc) is 2.94. The first kappa shape index (κ1) is 39.1. The van der Waals surface area contributed by atoms with Crippen molar-refractivity contribution in [2.75, 3.05) is 37.9 Å². The zero-order valence-corrected chi connectivity index (χ0v) is 27.9. The molecular formula is C34H66O5P+. The molecule has 0 aliphatic carbocycles. The summed E-state index contributed by atoms with van der Waals surface area (Å²) in [6.07, 6.45) is 28.0. The van der Waals surface area contributed by atoms with Crippen molar-refractivity contribution in [1.82, 2.24) is 0 Å². The number of hydrogen-bond donors (Lipinski definition) is 1. The van der Waals surface area contributed by atoms with Crippen LogP contribution in [0.4, 0.5) is 0 Å². The van der Waals surface area contributed by atoms with Crippen LogP contribution >= 0.6 is 7.26 Å². The van der Waals surface area contributed by atoms with Gasteiger partial charge in [0.1, 0.15) is 19.3 Å². The Morgan fingerprint density at radius 3 is 1.40 bits per heavy atom. The summed E-state index contributed by atoms with van der Waals surface area (Å²) < 4.78 is 10.4. The van der Waals surface area contributed by atoms with Crippen LogP contribution in [0.1, 0.15) is 150 Å². The molecule has 0 amide bonds. The van der Waals surface area contributed by atoms with Gasteiger partial charge in [-0.05, 0) is 45.4 Å². The van der Waals surface area contributed by atoms with Crippen molar-refractivity contribution >= 4 is 19.2 Å². The topological polar surface area (TPSA) is 72.8 Å². The molecule has 0 aromatic carbocycles. The lowest BCUT2D eigenvalue weighted by atomic mass is 10.1. The minimum Gasteiger partial charge on any atom is -0.463 e. The second-order valence-corrected chi connectivity index (χ2v) is 16.5. The maximum absolute atomic E-state index is 12.7. The number of carbonyl (C=O) groups excluding carboxylic acids is 2. The monoisotopic (exact) mass is 585 g/mol. The Kier molecular flexibility index (Phi) is 26.3. The molecule has 1 atom stereocenters. The van der Waals surface area contributed by atoms with Gasteiger partial charge in [-0.3, -0.25) is 4.79 Å². The maximum atomic E-state index is 12.7. The lowest BCUT2D eigenvalue weighted by Gasteiger charge is -2.28. The zero-order valence-electron chi connectivity index (χ0n) is 27.0. The van der Waals surface area contributed by atoms with Crippen molar-refractivity contribution in [2.24, 2.45) is 0 Å². The number of aliphatic hydroxyl groups is 1. The van der Waals surface area contributed by atoms with Gasteiger partial charge in [-0.2, -0.15) is 0 Å². The summed E-state index contributed by atoms with van der Waals surface area (Å²) >= 11 is 0. The van der Waals surface area contributed by atoms with Crippen LogP contribution in [0.2, 0.25) is 0 Å². The molecule has 0 rings (SSSR count). The van der Waals surface area contributed by atoms with Crippen molar-refractivity contribution < 1.29 is 24.2 Å². The molecule has 0 saturated heterocycles. The molecule has 6 heteroatoms. The number of hydrogen-bond acceptors (Lipinski definition) is 5. The van der Waals surface area contributed by atoms with Gasteiger partial charge in [0.2, 0.25) is 0 Å². The average molecular weight is 586 g/mol. The summed E-state index contributed by atoms with van der Waals surface area (Å²) in [5, 5.41) is 10.1. The molecule has 0 aromatic heterocycles. The molecular weight excluding hydrogens is 519 g/mol. The lowest BCUT2D eigenvalue weighted by Crippen LogP contribution is -2.26. The smallest absolute Gasteiger partial charge is 0.333 e. The van der Waals surface area contributed by atoms with Crippen molar-refractivity contribution in [3.63, 3.8) is 0 Å². The summed E-state index contributed by atoms with van der Waals surface area (Å²) in [7, 11) is -1.24. The van der Waals surface area contributed by atoms with Gasteiger partial charge in [0.15, 0.2) is 0 Å². The van der Waals surface area contributed by atoms with Crippen LogP contribution in [-0.4, -0.2) is 61.0 Å². The number of aliphatic hydroxyl groups excluding tert-OH is 1. The highest BCUT2D eigenvalue weighted by molar-refractivity contribution is 7.75. The third-order valence-electron chi connectivity index (χ3n) is 7.94. The number of carbonyl (C=O) groups is 2. The minimum absolute atomic E-state index is 0.139. The fraction of sp³-hybridized carbons (Fsp3) is 0.882. The van der Waals surface area contributed by atoms with Gasteiger partial charge in [0, 0.05) is 12.8 Å². The minimum atomic E-state index is -1.24. The van der Waals surface area contributed by atoms with Crippen LogP contribution < -0.4 is 0 Å². The molecule has 1 unspecified atom stereocenters. The first-order valence-electron chi connectivity index (χ1n) is 16.8. The first-order chi connectivity index (χ1) is 19.3. The van der Waals surface area contributed by atoms with E-state index in [2.05, 4.69) is 27.4 Å². The Morgan fingerprint density at radius 2 is 1.00 bits per heavy atom. The predicted octanol–water partition coefficient (Wildman–Crippen LogP) is 9.50. The van der Waals surface area contributed by atoms with Crippen LogP contribution in [0, 0.1) is 0 Å². The standard InChI is InChI=1S/C34H66O5P/c1-6-9-12-15-18-21-25-40(26-22-19-16-13-10-7-2,27-23-20-17-14-11-8-3)28-24-33(36)38-29-32(35)30-39-34(37)31(4)5/h32,35H,4,6-30H2,1-3,5H3/q+1. The van der Waals surface area contributed by atoms with Gasteiger partial charge in [-0.15, -0.1) is 0 Å². The van der Waals surface area contributed by atoms with Crippen molar-refractivity contribution in [3.05, 3.63) is 12.2 Å². The third-order valence-corrected chi connectivity index (χ3v) is 12.9. The van der Waals surface area contributed by atoms with Gasteiger partial charge < -0.3 is 14.6 Å². The summed E-state index contributed by atoms with van der Waals surface area (Å²) in [6, 6.07) is 0. The Morgan fingerprint density at radius 1 is 0.625 bits per heavy atom. The first-order valence-corrected chi connectivity index (χ1v) is 19.3. The van der Waals surface area contributed by atoms with Gasteiger partial charge in [-0.25, -0.2) is 4.79 Å². The Labute approximate surface area is 249 Å². The second-order valence-electron chi connectivity index (χ2n) is 12.0. The zero-order chi connectivity index (χ0) is 29.9. The van der Waals surface area contributed by atoms with E-state index in [0.717, 1.165) is 6.16 Å². The molecule has 0 aliphatic rings. The van der Waals surface area contributed by atoms with Crippen LogP contribution in [0.3, 0.4) is 0 Å². The molecule has 0 bridgehead atoms. The summed E-state index contributed by atoms with van der Waals surface area (Å²) in [4.78, 5) is 24.3. The third kappa shape index (κ3) is 22.7. The molecule has 0 radical (unpaired) electrons. The summed E-state index contributed by atoms with van der Waals surface area (Å²) in [5.74, 6) is -0.775. The molecule has 0 spiro atoms. The largest absolute Gasteiger partial charge is 0.463 e. The molecule has 1 N–H and O–H groups in total. The van der Waals surface area contributed by atoms with E-state index in [-0.39, 0.29) is 24.8 Å². The van der Waals surface area contributed by atoms with E-state index in [1.165, 1.54) is 134 Å². The molecule has 0 heterocycles. The summed E-state index contributed by atoms with van der Waals surface area (Å²) in [6.45, 7) is 11.6. The molecule has 5 nitrogen and oxygen atoms in total. The fourth-order valence-electron chi connectivity index (χ4n) is 5.29. The fourth-order valence-corrected chi connectivity index (χ4v) is 9.97.